The number of hydrogen-bond donors (Lipinski definition) is 1. The highest BCUT2D eigenvalue weighted by Crippen LogP contribution is 2.28. The zero-order chi connectivity index (χ0) is 16.7. The van der Waals surface area contributed by atoms with Gasteiger partial charge in [-0.2, -0.15) is 0 Å². The molecule has 0 bridgehead atoms. The molecule has 2 atom stereocenters. The van der Waals surface area contributed by atoms with Crippen LogP contribution in [-0.2, 0) is 12.8 Å². The summed E-state index contributed by atoms with van der Waals surface area (Å²) in [5.74, 6) is 1.56. The predicted octanol–water partition coefficient (Wildman–Crippen LogP) is 3.86. The van der Waals surface area contributed by atoms with Gasteiger partial charge in [0.15, 0.2) is 11.5 Å². The fourth-order valence-corrected chi connectivity index (χ4v) is 2.93. The van der Waals surface area contributed by atoms with Gasteiger partial charge >= 0.3 is 0 Å². The minimum atomic E-state index is 0.395. The van der Waals surface area contributed by atoms with Gasteiger partial charge in [0.05, 0.1) is 14.2 Å². The normalized spacial score (nSPS) is 13.4. The largest absolute Gasteiger partial charge is 0.493 e. The van der Waals surface area contributed by atoms with Gasteiger partial charge in [0.2, 0.25) is 0 Å². The lowest BCUT2D eigenvalue weighted by molar-refractivity contribution is 0.354. The highest BCUT2D eigenvalue weighted by Gasteiger charge is 2.11. The van der Waals surface area contributed by atoms with Crippen LogP contribution in [0.2, 0.25) is 0 Å². The Bertz CT molecular complexity index is 598. The Labute approximate surface area is 139 Å². The van der Waals surface area contributed by atoms with Crippen molar-refractivity contribution in [2.24, 2.45) is 0 Å². The third-order valence-electron chi connectivity index (χ3n) is 3.94. The Kier molecular flexibility index (Phi) is 6.48. The molecule has 3 heteroatoms. The molecule has 0 fully saturated rings. The van der Waals surface area contributed by atoms with Crippen LogP contribution < -0.4 is 14.8 Å². The summed E-state index contributed by atoms with van der Waals surface area (Å²) in [6, 6.07) is 17.5. The second kappa shape index (κ2) is 8.59. The molecule has 0 heterocycles. The summed E-state index contributed by atoms with van der Waals surface area (Å²) >= 11 is 0. The van der Waals surface area contributed by atoms with Crippen LogP contribution in [0.25, 0.3) is 0 Å². The number of hydrogen-bond acceptors (Lipinski definition) is 3. The lowest BCUT2D eigenvalue weighted by Gasteiger charge is -2.20. The van der Waals surface area contributed by atoms with E-state index >= 15 is 0 Å². The van der Waals surface area contributed by atoms with E-state index < -0.39 is 0 Å². The van der Waals surface area contributed by atoms with Crippen LogP contribution in [0.4, 0.5) is 0 Å². The Hall–Kier alpha value is -2.00. The number of benzene rings is 2. The smallest absolute Gasteiger partial charge is 0.160 e. The third-order valence-corrected chi connectivity index (χ3v) is 3.94. The highest BCUT2D eigenvalue weighted by molar-refractivity contribution is 5.43. The molecule has 0 aliphatic heterocycles. The lowest BCUT2D eigenvalue weighted by atomic mass is 10.0. The Morgan fingerprint density at radius 2 is 1.39 bits per heavy atom. The standard InChI is InChI=1S/C20H27NO2/c1-15(12-17-8-6-5-7-9-17)21-16(2)13-18-10-11-19(22-3)20(14-18)23-4/h5-11,14-16,21H,12-13H2,1-4H3/t15-,16+/m1/s1. The number of methoxy groups -OCH3 is 2. The summed E-state index contributed by atoms with van der Waals surface area (Å²) in [6.07, 6.45) is 2.00. The number of ether oxygens (including phenoxy) is 2. The van der Waals surface area contributed by atoms with E-state index in [2.05, 4.69) is 61.6 Å². The van der Waals surface area contributed by atoms with E-state index in [4.69, 9.17) is 9.47 Å². The van der Waals surface area contributed by atoms with E-state index in [1.165, 1.54) is 11.1 Å². The van der Waals surface area contributed by atoms with Crippen molar-refractivity contribution in [3.05, 3.63) is 59.7 Å². The van der Waals surface area contributed by atoms with Crippen molar-refractivity contribution in [1.29, 1.82) is 0 Å². The van der Waals surface area contributed by atoms with Crippen molar-refractivity contribution < 1.29 is 9.47 Å². The Morgan fingerprint density at radius 3 is 2.00 bits per heavy atom. The van der Waals surface area contributed by atoms with Gasteiger partial charge in [0.1, 0.15) is 0 Å². The highest BCUT2D eigenvalue weighted by atomic mass is 16.5. The van der Waals surface area contributed by atoms with E-state index in [1.54, 1.807) is 14.2 Å². The summed E-state index contributed by atoms with van der Waals surface area (Å²) in [7, 11) is 3.33. The minimum absolute atomic E-state index is 0.395. The zero-order valence-electron chi connectivity index (χ0n) is 14.5. The molecule has 2 rings (SSSR count). The molecule has 3 nitrogen and oxygen atoms in total. The van der Waals surface area contributed by atoms with Crippen molar-refractivity contribution in [3.8, 4) is 11.5 Å². The molecule has 0 unspecified atom stereocenters. The quantitative estimate of drug-likeness (QED) is 0.803. The van der Waals surface area contributed by atoms with Gasteiger partial charge in [-0.1, -0.05) is 36.4 Å². The number of nitrogens with one attached hydrogen (secondary N) is 1. The molecule has 23 heavy (non-hydrogen) atoms. The van der Waals surface area contributed by atoms with Crippen LogP contribution in [-0.4, -0.2) is 26.3 Å². The van der Waals surface area contributed by atoms with Crippen molar-refractivity contribution >= 4 is 0 Å². The molecule has 0 spiro atoms. The third kappa shape index (κ3) is 5.29. The molecule has 0 amide bonds. The second-order valence-electron chi connectivity index (χ2n) is 6.05. The molecule has 124 valence electrons. The van der Waals surface area contributed by atoms with Crippen molar-refractivity contribution in [1.82, 2.24) is 5.32 Å². The fourth-order valence-electron chi connectivity index (χ4n) is 2.93. The molecule has 1 N–H and O–H groups in total. The van der Waals surface area contributed by atoms with Crippen molar-refractivity contribution in [3.63, 3.8) is 0 Å². The number of rotatable bonds is 8. The maximum Gasteiger partial charge on any atom is 0.160 e. The second-order valence-corrected chi connectivity index (χ2v) is 6.05. The summed E-state index contributed by atoms with van der Waals surface area (Å²) in [6.45, 7) is 4.45. The molecule has 0 aliphatic rings. The van der Waals surface area contributed by atoms with E-state index in [-0.39, 0.29) is 0 Å². The van der Waals surface area contributed by atoms with Crippen LogP contribution in [0, 0.1) is 0 Å². The first-order valence-electron chi connectivity index (χ1n) is 8.13. The van der Waals surface area contributed by atoms with Crippen LogP contribution in [0.5, 0.6) is 11.5 Å². The molecule has 0 aromatic heterocycles. The molecular formula is C20H27NO2. The topological polar surface area (TPSA) is 30.5 Å². The zero-order valence-corrected chi connectivity index (χ0v) is 14.5. The SMILES string of the molecule is COc1ccc(C[C@H](C)N[C@H](C)Cc2ccccc2)cc1OC. The molecule has 2 aromatic rings. The molecule has 0 saturated heterocycles. The van der Waals surface area contributed by atoms with Gasteiger partial charge in [-0.15, -0.1) is 0 Å². The summed E-state index contributed by atoms with van der Waals surface area (Å²) in [5, 5.41) is 3.67. The lowest BCUT2D eigenvalue weighted by Crippen LogP contribution is -2.37. The average Bonchev–Trinajstić information content (AvgIpc) is 2.55. The fraction of sp³-hybridized carbons (Fsp3) is 0.400. The van der Waals surface area contributed by atoms with Gasteiger partial charge in [-0.3, -0.25) is 0 Å². The summed E-state index contributed by atoms with van der Waals surface area (Å²) in [5.41, 5.74) is 2.61. The first-order valence-corrected chi connectivity index (χ1v) is 8.13. The predicted molar refractivity (Wildman–Crippen MR) is 95.5 cm³/mol. The van der Waals surface area contributed by atoms with Crippen LogP contribution >= 0.6 is 0 Å². The van der Waals surface area contributed by atoms with Gasteiger partial charge in [-0.25, -0.2) is 0 Å². The Balaban J connectivity index is 1.90. The van der Waals surface area contributed by atoms with Crippen LogP contribution in [0.1, 0.15) is 25.0 Å². The van der Waals surface area contributed by atoms with E-state index in [9.17, 15) is 0 Å². The monoisotopic (exact) mass is 313 g/mol. The first kappa shape index (κ1) is 17.4. The van der Waals surface area contributed by atoms with Gasteiger partial charge in [0, 0.05) is 12.1 Å². The maximum atomic E-state index is 5.37. The van der Waals surface area contributed by atoms with Gasteiger partial charge in [0.25, 0.3) is 0 Å². The maximum absolute atomic E-state index is 5.37. The molecule has 0 saturated carbocycles. The molecule has 0 aliphatic carbocycles. The van der Waals surface area contributed by atoms with Crippen LogP contribution in [0.3, 0.4) is 0 Å². The van der Waals surface area contributed by atoms with E-state index in [0.717, 1.165) is 24.3 Å². The molecule has 0 radical (unpaired) electrons. The van der Waals surface area contributed by atoms with E-state index in [1.807, 2.05) is 6.07 Å². The Morgan fingerprint density at radius 1 is 0.783 bits per heavy atom. The van der Waals surface area contributed by atoms with Crippen molar-refractivity contribution in [2.75, 3.05) is 14.2 Å². The summed E-state index contributed by atoms with van der Waals surface area (Å²) in [4.78, 5) is 0. The van der Waals surface area contributed by atoms with Crippen LogP contribution in [0.15, 0.2) is 48.5 Å². The average molecular weight is 313 g/mol. The van der Waals surface area contributed by atoms with Gasteiger partial charge in [-0.05, 0) is 49.9 Å². The minimum Gasteiger partial charge on any atom is -0.493 e. The molecular weight excluding hydrogens is 286 g/mol. The van der Waals surface area contributed by atoms with Crippen molar-refractivity contribution in [2.45, 2.75) is 38.8 Å². The molecule has 2 aromatic carbocycles. The first-order chi connectivity index (χ1) is 11.1. The van der Waals surface area contributed by atoms with Gasteiger partial charge < -0.3 is 14.8 Å². The summed E-state index contributed by atoms with van der Waals surface area (Å²) < 4.78 is 10.7. The van der Waals surface area contributed by atoms with E-state index in [0.29, 0.717) is 12.1 Å².